The Morgan fingerprint density at radius 1 is 1.00 bits per heavy atom. The highest BCUT2D eigenvalue weighted by atomic mass is 16.1. The molecule has 28 heavy (non-hydrogen) atoms. The van der Waals surface area contributed by atoms with Crippen molar-refractivity contribution in [2.45, 2.75) is 25.8 Å². The van der Waals surface area contributed by atoms with Crippen LogP contribution in [0.15, 0.2) is 71.5 Å². The molecule has 0 amide bonds. The van der Waals surface area contributed by atoms with E-state index in [0.717, 1.165) is 39.1 Å². The van der Waals surface area contributed by atoms with Crippen LogP contribution >= 0.6 is 0 Å². The maximum atomic E-state index is 12.8. The number of Topliss-reactive ketones (excluding diaryl/α,β-unsaturated/α-hetero) is 1. The minimum absolute atomic E-state index is 0.0765. The summed E-state index contributed by atoms with van der Waals surface area (Å²) in [6.07, 6.45) is 5.96. The fourth-order valence-corrected chi connectivity index (χ4v) is 4.09. The topological polar surface area (TPSA) is 55.2 Å². The van der Waals surface area contributed by atoms with Gasteiger partial charge in [-0.15, -0.1) is 0 Å². The van der Waals surface area contributed by atoms with Gasteiger partial charge in [-0.05, 0) is 40.5 Å². The van der Waals surface area contributed by atoms with E-state index in [0.29, 0.717) is 13.0 Å². The van der Waals surface area contributed by atoms with E-state index in [4.69, 9.17) is 4.99 Å². The van der Waals surface area contributed by atoms with Crippen molar-refractivity contribution in [2.75, 3.05) is 0 Å². The van der Waals surface area contributed by atoms with Gasteiger partial charge in [0.2, 0.25) is 0 Å². The van der Waals surface area contributed by atoms with Crippen LogP contribution < -0.4 is 0 Å². The van der Waals surface area contributed by atoms with Gasteiger partial charge in [0, 0.05) is 29.0 Å². The Bertz CT molecular complexity index is 1130. The lowest BCUT2D eigenvalue weighted by atomic mass is 9.81. The molecular formula is C24H19N3O. The van der Waals surface area contributed by atoms with Gasteiger partial charge in [-0.3, -0.25) is 9.79 Å². The number of carbonyl (C=O) groups is 1. The van der Waals surface area contributed by atoms with E-state index in [2.05, 4.69) is 47.5 Å². The fraction of sp³-hybridized carbons (Fsp3) is 0.167. The van der Waals surface area contributed by atoms with E-state index in [-0.39, 0.29) is 11.7 Å². The Hall–Kier alpha value is -3.40. The number of rotatable bonds is 3. The summed E-state index contributed by atoms with van der Waals surface area (Å²) in [6.45, 7) is 2.75. The summed E-state index contributed by atoms with van der Waals surface area (Å²) >= 11 is 0. The molecule has 4 nitrogen and oxygen atoms in total. The smallest absolute Gasteiger partial charge is 0.163 e. The molecule has 5 rings (SSSR count). The van der Waals surface area contributed by atoms with Gasteiger partial charge in [0.25, 0.3) is 0 Å². The van der Waals surface area contributed by atoms with Crippen LogP contribution in [0.3, 0.4) is 0 Å². The third-order valence-electron chi connectivity index (χ3n) is 5.64. The molecule has 1 aliphatic carbocycles. The zero-order valence-corrected chi connectivity index (χ0v) is 15.6. The van der Waals surface area contributed by atoms with Crippen molar-refractivity contribution in [1.82, 2.24) is 10.2 Å². The van der Waals surface area contributed by atoms with Crippen molar-refractivity contribution < 1.29 is 4.79 Å². The van der Waals surface area contributed by atoms with Gasteiger partial charge in [0.1, 0.15) is 0 Å². The van der Waals surface area contributed by atoms with Gasteiger partial charge >= 0.3 is 0 Å². The number of aliphatic imine (C=N–C) groups is 1. The average Bonchev–Trinajstić information content (AvgIpc) is 3.15. The number of nitrogens with zero attached hydrogens (tertiary/aromatic N) is 3. The molecule has 2 aromatic carbocycles. The molecule has 1 atom stereocenters. The van der Waals surface area contributed by atoms with E-state index in [1.807, 2.05) is 24.3 Å². The van der Waals surface area contributed by atoms with E-state index in [9.17, 15) is 4.79 Å². The third kappa shape index (κ3) is 2.78. The monoisotopic (exact) mass is 365 g/mol. The summed E-state index contributed by atoms with van der Waals surface area (Å²) in [5.41, 5.74) is 8.48. The number of ketones is 1. The Labute approximate surface area is 163 Å². The van der Waals surface area contributed by atoms with Gasteiger partial charge in [-0.2, -0.15) is 10.2 Å². The van der Waals surface area contributed by atoms with Gasteiger partial charge in [0.05, 0.1) is 24.7 Å². The predicted molar refractivity (Wildman–Crippen MR) is 109 cm³/mol. The first-order valence-corrected chi connectivity index (χ1v) is 9.48. The first-order chi connectivity index (χ1) is 13.7. The lowest BCUT2D eigenvalue weighted by molar-refractivity contribution is -0.115. The minimum atomic E-state index is 0.0765. The molecule has 3 aromatic rings. The Morgan fingerprint density at radius 3 is 2.64 bits per heavy atom. The zero-order chi connectivity index (χ0) is 19.1. The van der Waals surface area contributed by atoms with E-state index < -0.39 is 0 Å². The van der Waals surface area contributed by atoms with Gasteiger partial charge in [-0.1, -0.05) is 43.3 Å². The van der Waals surface area contributed by atoms with Gasteiger partial charge in [-0.25, -0.2) is 0 Å². The largest absolute Gasteiger partial charge is 0.294 e. The molecule has 0 N–H and O–H groups in total. The second kappa shape index (κ2) is 6.64. The summed E-state index contributed by atoms with van der Waals surface area (Å²) in [5, 5.41) is 7.84. The second-order valence-corrected chi connectivity index (χ2v) is 7.34. The maximum Gasteiger partial charge on any atom is 0.163 e. The first kappa shape index (κ1) is 16.8. The minimum Gasteiger partial charge on any atom is -0.294 e. The summed E-state index contributed by atoms with van der Waals surface area (Å²) in [5.74, 6) is 0.286. The van der Waals surface area contributed by atoms with Crippen molar-refractivity contribution in [2.24, 2.45) is 4.99 Å². The third-order valence-corrected chi connectivity index (χ3v) is 5.64. The molecular weight excluding hydrogens is 346 g/mol. The Balaban J connectivity index is 1.57. The molecule has 0 radical (unpaired) electrons. The summed E-state index contributed by atoms with van der Waals surface area (Å²) in [4.78, 5) is 17.6. The molecule has 1 aromatic heterocycles. The summed E-state index contributed by atoms with van der Waals surface area (Å²) < 4.78 is 0. The summed E-state index contributed by atoms with van der Waals surface area (Å²) in [7, 11) is 0. The second-order valence-electron chi connectivity index (χ2n) is 7.34. The van der Waals surface area contributed by atoms with Crippen molar-refractivity contribution in [3.8, 4) is 0 Å². The maximum absolute atomic E-state index is 12.8. The van der Waals surface area contributed by atoms with Crippen molar-refractivity contribution in [3.63, 3.8) is 0 Å². The number of hydrogen-bond acceptors (Lipinski definition) is 4. The van der Waals surface area contributed by atoms with Crippen LogP contribution in [-0.4, -0.2) is 21.7 Å². The lowest BCUT2D eigenvalue weighted by Gasteiger charge is -2.22. The molecule has 1 unspecified atom stereocenters. The molecule has 4 heteroatoms. The number of hydrogen-bond donors (Lipinski definition) is 0. The van der Waals surface area contributed by atoms with Crippen molar-refractivity contribution >= 4 is 17.6 Å². The Morgan fingerprint density at radius 2 is 1.86 bits per heavy atom. The molecule has 0 saturated carbocycles. The van der Waals surface area contributed by atoms with E-state index >= 15 is 0 Å². The molecule has 0 saturated heterocycles. The van der Waals surface area contributed by atoms with Crippen LogP contribution in [0.2, 0.25) is 0 Å². The van der Waals surface area contributed by atoms with E-state index in [1.165, 1.54) is 5.56 Å². The zero-order valence-electron chi connectivity index (χ0n) is 15.6. The SMILES string of the molecule is CC(C1=Cc2cc3c(cc2CC1=O)CN=C3c1ccnnc1)c1ccccc1. The van der Waals surface area contributed by atoms with Crippen LogP contribution in [0.25, 0.3) is 6.08 Å². The van der Waals surface area contributed by atoms with Crippen LogP contribution in [0.4, 0.5) is 0 Å². The number of allylic oxidation sites excluding steroid dienone is 1. The van der Waals surface area contributed by atoms with Crippen molar-refractivity contribution in [1.29, 1.82) is 0 Å². The highest BCUT2D eigenvalue weighted by Crippen LogP contribution is 2.34. The molecule has 2 heterocycles. The standard InChI is InChI=1S/C24H19N3O/c1-15(16-5-3-2-4-6-16)21-10-19-11-22-20(9-18(19)12-23(21)28)13-25-24(22)17-7-8-26-27-14-17/h2-11,14-15H,12-13H2,1H3. The molecule has 0 bridgehead atoms. The van der Waals surface area contributed by atoms with Gasteiger partial charge in [0.15, 0.2) is 5.78 Å². The highest BCUT2D eigenvalue weighted by Gasteiger charge is 2.27. The first-order valence-electron chi connectivity index (χ1n) is 9.48. The summed E-state index contributed by atoms with van der Waals surface area (Å²) in [6, 6.07) is 16.5. The van der Waals surface area contributed by atoms with Crippen LogP contribution in [0.1, 0.15) is 46.2 Å². The number of carbonyl (C=O) groups excluding carboxylic acids is 1. The van der Waals surface area contributed by atoms with E-state index in [1.54, 1.807) is 12.4 Å². The number of aromatic nitrogens is 2. The van der Waals surface area contributed by atoms with Crippen LogP contribution in [0.5, 0.6) is 0 Å². The molecule has 136 valence electrons. The van der Waals surface area contributed by atoms with Gasteiger partial charge < -0.3 is 0 Å². The van der Waals surface area contributed by atoms with Crippen molar-refractivity contribution in [3.05, 3.63) is 99.9 Å². The van der Waals surface area contributed by atoms with Crippen LogP contribution in [0, 0.1) is 0 Å². The molecule has 1 aliphatic heterocycles. The average molecular weight is 365 g/mol. The predicted octanol–water partition coefficient (Wildman–Crippen LogP) is 4.14. The Kier molecular flexibility index (Phi) is 3.97. The van der Waals surface area contributed by atoms with Crippen LogP contribution in [-0.2, 0) is 17.8 Å². The fourth-order valence-electron chi connectivity index (χ4n) is 4.09. The molecule has 2 aliphatic rings. The highest BCUT2D eigenvalue weighted by molar-refractivity contribution is 6.15. The number of fused-ring (bicyclic) bond motifs is 2. The molecule has 0 spiro atoms. The normalized spacial score (nSPS) is 16.1. The number of benzene rings is 2. The lowest BCUT2D eigenvalue weighted by Crippen LogP contribution is -2.17. The quantitative estimate of drug-likeness (QED) is 0.701. The molecule has 0 fully saturated rings.